The summed E-state index contributed by atoms with van der Waals surface area (Å²) in [6, 6.07) is 7.94. The molecule has 0 amide bonds. The van der Waals surface area contributed by atoms with Crippen LogP contribution in [0.3, 0.4) is 0 Å². The molecule has 0 heterocycles. The molecule has 1 aromatic rings. The summed E-state index contributed by atoms with van der Waals surface area (Å²) in [5.41, 5.74) is 0. The van der Waals surface area contributed by atoms with Crippen molar-refractivity contribution in [2.75, 3.05) is 0 Å². The molecule has 2 heteroatoms. The molecule has 0 fully saturated rings. The van der Waals surface area contributed by atoms with E-state index in [0.717, 1.165) is 0 Å². The predicted octanol–water partition coefficient (Wildman–Crippen LogP) is 6.86. The maximum atomic E-state index is 11.9. The Morgan fingerprint density at radius 2 is 0.850 bits per heavy atom. The monoisotopic (exact) mass is 390 g/mol. The number of hydrogen-bond donors (Lipinski definition) is 0. The van der Waals surface area contributed by atoms with Crippen LogP contribution in [-0.2, 0) is 0 Å². The van der Waals surface area contributed by atoms with Gasteiger partial charge in [-0.1, -0.05) is 98.3 Å². The van der Waals surface area contributed by atoms with E-state index < -0.39 is 0 Å². The van der Waals surface area contributed by atoms with Crippen molar-refractivity contribution >= 4 is 23.9 Å². The van der Waals surface area contributed by atoms with Crippen LogP contribution in [0.1, 0.15) is 80.1 Å². The summed E-state index contributed by atoms with van der Waals surface area (Å²) >= 11 is 0. The maximum absolute atomic E-state index is 11.9. The molecule has 0 N–H and O–H groups in total. The molecular formula is C18H35FSn. The van der Waals surface area contributed by atoms with Gasteiger partial charge in [-0.25, -0.2) is 4.39 Å². The van der Waals surface area contributed by atoms with Crippen molar-refractivity contribution in [1.82, 2.24) is 0 Å². The molecule has 1 rings (SSSR count). The van der Waals surface area contributed by atoms with Gasteiger partial charge in [0.1, 0.15) is 5.82 Å². The second-order valence-corrected chi connectivity index (χ2v) is 4.30. The SMILES string of the molecule is CCCC.CCCC.CCCC.Fc1ccccc1.[Sn]. The Morgan fingerprint density at radius 3 is 0.950 bits per heavy atom. The third kappa shape index (κ3) is 43.0. The van der Waals surface area contributed by atoms with Gasteiger partial charge in [0, 0.05) is 23.9 Å². The van der Waals surface area contributed by atoms with Crippen LogP contribution in [0.15, 0.2) is 30.3 Å². The maximum Gasteiger partial charge on any atom is 0.123 e. The molecule has 118 valence electrons. The van der Waals surface area contributed by atoms with E-state index >= 15 is 0 Å². The first-order valence-corrected chi connectivity index (χ1v) is 7.84. The van der Waals surface area contributed by atoms with Crippen LogP contribution in [-0.4, -0.2) is 23.9 Å². The Labute approximate surface area is 144 Å². The van der Waals surface area contributed by atoms with Gasteiger partial charge in [0.25, 0.3) is 0 Å². The molecule has 1 aromatic carbocycles. The molecule has 4 radical (unpaired) electrons. The van der Waals surface area contributed by atoms with Gasteiger partial charge in [0.2, 0.25) is 0 Å². The van der Waals surface area contributed by atoms with Crippen molar-refractivity contribution in [3.05, 3.63) is 36.1 Å². The first kappa shape index (κ1) is 28.2. The normalized spacial score (nSPS) is 7.55. The topological polar surface area (TPSA) is 0 Å². The minimum Gasteiger partial charge on any atom is -0.207 e. The largest absolute Gasteiger partial charge is 0.207 e. The average molecular weight is 389 g/mol. The van der Waals surface area contributed by atoms with E-state index in [4.69, 9.17) is 0 Å². The Morgan fingerprint density at radius 1 is 0.600 bits per heavy atom. The number of rotatable bonds is 3. The fraction of sp³-hybridized carbons (Fsp3) is 0.667. The Hall–Kier alpha value is -0.0513. The van der Waals surface area contributed by atoms with Crippen molar-refractivity contribution in [2.45, 2.75) is 80.1 Å². The van der Waals surface area contributed by atoms with E-state index in [1.165, 1.54) is 50.7 Å². The third-order valence-electron chi connectivity index (χ3n) is 2.23. The van der Waals surface area contributed by atoms with E-state index in [-0.39, 0.29) is 29.7 Å². The van der Waals surface area contributed by atoms with Gasteiger partial charge in [-0.2, -0.15) is 0 Å². The zero-order valence-electron chi connectivity index (χ0n) is 14.5. The summed E-state index contributed by atoms with van der Waals surface area (Å²) in [5.74, 6) is -0.178. The van der Waals surface area contributed by atoms with Gasteiger partial charge < -0.3 is 0 Å². The van der Waals surface area contributed by atoms with E-state index in [2.05, 4.69) is 41.5 Å². The van der Waals surface area contributed by atoms with Gasteiger partial charge in [-0.3, -0.25) is 0 Å². The van der Waals surface area contributed by atoms with Crippen molar-refractivity contribution in [2.24, 2.45) is 0 Å². The predicted molar refractivity (Wildman–Crippen MR) is 93.9 cm³/mol. The minimum atomic E-state index is -0.178. The molecule has 0 aliphatic carbocycles. The molecule has 0 aliphatic heterocycles. The molecule has 0 aromatic heterocycles. The van der Waals surface area contributed by atoms with E-state index in [1.54, 1.807) is 18.2 Å². The molecule has 0 saturated carbocycles. The summed E-state index contributed by atoms with van der Waals surface area (Å²) < 4.78 is 11.9. The van der Waals surface area contributed by atoms with Gasteiger partial charge in [0.15, 0.2) is 0 Å². The second kappa shape index (κ2) is 31.4. The second-order valence-electron chi connectivity index (χ2n) is 4.30. The van der Waals surface area contributed by atoms with Crippen molar-refractivity contribution in [3.8, 4) is 0 Å². The van der Waals surface area contributed by atoms with Gasteiger partial charge in [0.05, 0.1) is 0 Å². The van der Waals surface area contributed by atoms with Crippen LogP contribution in [0.5, 0.6) is 0 Å². The number of benzene rings is 1. The third-order valence-corrected chi connectivity index (χ3v) is 2.23. The van der Waals surface area contributed by atoms with Crippen molar-refractivity contribution in [1.29, 1.82) is 0 Å². The minimum absolute atomic E-state index is 0. The molecule has 20 heavy (non-hydrogen) atoms. The number of hydrogen-bond acceptors (Lipinski definition) is 0. The number of halogens is 1. The molecule has 0 bridgehead atoms. The zero-order chi connectivity index (χ0) is 15.4. The molecule has 0 atom stereocenters. The van der Waals surface area contributed by atoms with Crippen LogP contribution in [0, 0.1) is 5.82 Å². The smallest absolute Gasteiger partial charge is 0.123 e. The molecule has 0 unspecified atom stereocenters. The molecule has 0 saturated heterocycles. The van der Waals surface area contributed by atoms with Crippen LogP contribution < -0.4 is 0 Å². The van der Waals surface area contributed by atoms with Crippen molar-refractivity contribution < 1.29 is 4.39 Å². The summed E-state index contributed by atoms with van der Waals surface area (Å²) in [4.78, 5) is 0. The van der Waals surface area contributed by atoms with E-state index in [1.807, 2.05) is 0 Å². The fourth-order valence-corrected chi connectivity index (χ4v) is 0.415. The first-order chi connectivity index (χ1) is 9.14. The Bertz CT molecular complexity index is 196. The summed E-state index contributed by atoms with van der Waals surface area (Å²) in [7, 11) is 0. The average Bonchev–Trinajstić information content (AvgIpc) is 2.48. The summed E-state index contributed by atoms with van der Waals surface area (Å²) in [5, 5.41) is 0. The van der Waals surface area contributed by atoms with E-state index in [9.17, 15) is 4.39 Å². The first-order valence-electron chi connectivity index (χ1n) is 7.84. The van der Waals surface area contributed by atoms with Crippen LogP contribution >= 0.6 is 0 Å². The fourth-order valence-electron chi connectivity index (χ4n) is 0.415. The molecular weight excluding hydrogens is 354 g/mol. The van der Waals surface area contributed by atoms with Gasteiger partial charge in [-0.05, 0) is 12.1 Å². The summed E-state index contributed by atoms with van der Waals surface area (Å²) in [6.45, 7) is 13.1. The van der Waals surface area contributed by atoms with Crippen LogP contribution in [0.2, 0.25) is 0 Å². The quantitative estimate of drug-likeness (QED) is 0.495. The van der Waals surface area contributed by atoms with Crippen LogP contribution in [0.4, 0.5) is 4.39 Å². The van der Waals surface area contributed by atoms with Crippen molar-refractivity contribution in [3.63, 3.8) is 0 Å². The van der Waals surface area contributed by atoms with Crippen LogP contribution in [0.25, 0.3) is 0 Å². The molecule has 0 nitrogen and oxygen atoms in total. The Kier molecular flexibility index (Phi) is 44.2. The zero-order valence-corrected chi connectivity index (χ0v) is 17.4. The van der Waals surface area contributed by atoms with Gasteiger partial charge >= 0.3 is 0 Å². The standard InChI is InChI=1S/C6H5F.3C4H10.Sn/c7-6-4-2-1-3-5-6;3*1-3-4-2;/h1-5H;3*3-4H2,1-2H3;. The molecule has 0 spiro atoms. The Balaban J connectivity index is -0.0000000881. The molecule has 0 aliphatic rings. The van der Waals surface area contributed by atoms with Gasteiger partial charge in [-0.15, -0.1) is 0 Å². The van der Waals surface area contributed by atoms with E-state index in [0.29, 0.717) is 0 Å². The number of unbranched alkanes of at least 4 members (excludes halogenated alkanes) is 3. The summed E-state index contributed by atoms with van der Waals surface area (Å²) in [6.07, 6.45) is 7.92.